The van der Waals surface area contributed by atoms with E-state index in [1.807, 2.05) is 13.8 Å². The number of ether oxygens (including phenoxy) is 1. The summed E-state index contributed by atoms with van der Waals surface area (Å²) >= 11 is 0. The number of carboxylic acid groups (broad SMARTS) is 1. The van der Waals surface area contributed by atoms with E-state index < -0.39 is 5.97 Å². The molecule has 1 N–H and O–H groups in total. The standard InChI is InChI=1S/C14H24N2O4/c1-10-7-15(8-11(2)20-10)14(19)16(9-13(17)18)12-5-3-4-6-12/h10-12H,3-9H2,1-2H3,(H,17,18)/t10-,11+. The summed E-state index contributed by atoms with van der Waals surface area (Å²) < 4.78 is 5.62. The molecule has 1 aliphatic carbocycles. The van der Waals surface area contributed by atoms with E-state index in [1.165, 1.54) is 0 Å². The molecule has 6 heteroatoms. The molecule has 0 bridgehead atoms. The van der Waals surface area contributed by atoms with Crippen molar-refractivity contribution in [1.29, 1.82) is 0 Å². The summed E-state index contributed by atoms with van der Waals surface area (Å²) in [6.45, 7) is 4.74. The van der Waals surface area contributed by atoms with E-state index in [1.54, 1.807) is 9.80 Å². The van der Waals surface area contributed by atoms with Gasteiger partial charge in [-0.1, -0.05) is 12.8 Å². The summed E-state index contributed by atoms with van der Waals surface area (Å²) in [7, 11) is 0. The molecule has 2 amide bonds. The number of aliphatic carboxylic acids is 1. The lowest BCUT2D eigenvalue weighted by atomic mass is 10.2. The molecule has 0 unspecified atom stereocenters. The van der Waals surface area contributed by atoms with Gasteiger partial charge in [0.1, 0.15) is 6.54 Å². The van der Waals surface area contributed by atoms with E-state index in [4.69, 9.17) is 9.84 Å². The third-order valence-corrected chi connectivity index (χ3v) is 4.01. The van der Waals surface area contributed by atoms with Gasteiger partial charge in [-0.3, -0.25) is 4.79 Å². The highest BCUT2D eigenvalue weighted by Crippen LogP contribution is 2.25. The smallest absolute Gasteiger partial charge is 0.323 e. The topological polar surface area (TPSA) is 70.1 Å². The first kappa shape index (κ1) is 15.1. The van der Waals surface area contributed by atoms with Gasteiger partial charge in [-0.05, 0) is 26.7 Å². The molecular weight excluding hydrogens is 260 g/mol. The number of morpholine rings is 1. The van der Waals surface area contributed by atoms with Crippen molar-refractivity contribution in [2.75, 3.05) is 19.6 Å². The van der Waals surface area contributed by atoms with Crippen LogP contribution >= 0.6 is 0 Å². The van der Waals surface area contributed by atoms with E-state index in [2.05, 4.69) is 0 Å². The number of urea groups is 1. The maximum Gasteiger partial charge on any atom is 0.323 e. The number of hydrogen-bond acceptors (Lipinski definition) is 3. The fourth-order valence-corrected chi connectivity index (χ4v) is 3.23. The molecule has 2 rings (SSSR count). The SMILES string of the molecule is C[C@@H]1CN(C(=O)N(CC(=O)O)C2CCCC2)C[C@H](C)O1. The summed E-state index contributed by atoms with van der Waals surface area (Å²) in [4.78, 5) is 27.0. The quantitative estimate of drug-likeness (QED) is 0.853. The molecule has 2 atom stereocenters. The fraction of sp³-hybridized carbons (Fsp3) is 0.857. The van der Waals surface area contributed by atoms with Crippen LogP contribution in [0.1, 0.15) is 39.5 Å². The van der Waals surface area contributed by atoms with Crippen molar-refractivity contribution < 1.29 is 19.4 Å². The molecule has 114 valence electrons. The van der Waals surface area contributed by atoms with Gasteiger partial charge in [0.15, 0.2) is 0 Å². The monoisotopic (exact) mass is 284 g/mol. The first-order valence-electron chi connectivity index (χ1n) is 7.40. The van der Waals surface area contributed by atoms with Crippen LogP contribution < -0.4 is 0 Å². The summed E-state index contributed by atoms with van der Waals surface area (Å²) in [5.74, 6) is -0.945. The van der Waals surface area contributed by atoms with E-state index in [0.717, 1.165) is 25.7 Å². The molecule has 0 aromatic carbocycles. The highest BCUT2D eigenvalue weighted by Gasteiger charge is 2.34. The molecule has 0 spiro atoms. The second-order valence-corrected chi connectivity index (χ2v) is 5.90. The van der Waals surface area contributed by atoms with Crippen molar-refractivity contribution in [2.24, 2.45) is 0 Å². The van der Waals surface area contributed by atoms with Crippen LogP contribution in [-0.2, 0) is 9.53 Å². The first-order chi connectivity index (χ1) is 9.47. The van der Waals surface area contributed by atoms with Crippen LogP contribution in [-0.4, -0.2) is 64.8 Å². The van der Waals surface area contributed by atoms with Crippen LogP contribution in [0.25, 0.3) is 0 Å². The molecule has 20 heavy (non-hydrogen) atoms. The number of carboxylic acids is 1. The molecule has 6 nitrogen and oxygen atoms in total. The van der Waals surface area contributed by atoms with E-state index in [0.29, 0.717) is 13.1 Å². The molecular formula is C14H24N2O4. The highest BCUT2D eigenvalue weighted by molar-refractivity contribution is 5.80. The van der Waals surface area contributed by atoms with Crippen LogP contribution in [0.15, 0.2) is 0 Å². The van der Waals surface area contributed by atoms with Crippen molar-refractivity contribution >= 4 is 12.0 Å². The van der Waals surface area contributed by atoms with Crippen LogP contribution in [0, 0.1) is 0 Å². The molecule has 0 aromatic rings. The molecule has 2 fully saturated rings. The van der Waals surface area contributed by atoms with Gasteiger partial charge >= 0.3 is 12.0 Å². The van der Waals surface area contributed by atoms with Gasteiger partial charge in [-0.15, -0.1) is 0 Å². The molecule has 1 saturated heterocycles. The van der Waals surface area contributed by atoms with E-state index in [-0.39, 0.29) is 30.8 Å². The van der Waals surface area contributed by atoms with Gasteiger partial charge in [0.2, 0.25) is 0 Å². The van der Waals surface area contributed by atoms with E-state index >= 15 is 0 Å². The Morgan fingerprint density at radius 3 is 2.25 bits per heavy atom. The normalized spacial score (nSPS) is 27.6. The number of nitrogens with zero attached hydrogens (tertiary/aromatic N) is 2. The Kier molecular flexibility index (Phi) is 4.86. The van der Waals surface area contributed by atoms with Crippen LogP contribution in [0.5, 0.6) is 0 Å². The van der Waals surface area contributed by atoms with Gasteiger partial charge in [0, 0.05) is 19.1 Å². The lowest BCUT2D eigenvalue weighted by molar-refractivity contribution is -0.138. The van der Waals surface area contributed by atoms with Crippen molar-refractivity contribution in [2.45, 2.75) is 57.8 Å². The lowest BCUT2D eigenvalue weighted by Crippen LogP contribution is -2.55. The molecule has 2 aliphatic rings. The second kappa shape index (κ2) is 6.43. The minimum Gasteiger partial charge on any atom is -0.480 e. The van der Waals surface area contributed by atoms with E-state index in [9.17, 15) is 9.59 Å². The Hall–Kier alpha value is -1.30. The Morgan fingerprint density at radius 2 is 1.75 bits per heavy atom. The maximum absolute atomic E-state index is 12.6. The zero-order valence-corrected chi connectivity index (χ0v) is 12.2. The first-order valence-corrected chi connectivity index (χ1v) is 7.40. The lowest BCUT2D eigenvalue weighted by Gasteiger charge is -2.39. The molecule has 0 aromatic heterocycles. The van der Waals surface area contributed by atoms with Crippen molar-refractivity contribution in [3.8, 4) is 0 Å². The summed E-state index contributed by atoms with van der Waals surface area (Å²) in [6.07, 6.45) is 3.97. The van der Waals surface area contributed by atoms with Gasteiger partial charge in [-0.2, -0.15) is 0 Å². The number of amides is 2. The number of hydrogen-bond donors (Lipinski definition) is 1. The third kappa shape index (κ3) is 3.62. The van der Waals surface area contributed by atoms with Crippen LogP contribution in [0.3, 0.4) is 0 Å². The fourth-order valence-electron chi connectivity index (χ4n) is 3.23. The molecule has 1 saturated carbocycles. The van der Waals surface area contributed by atoms with Gasteiger partial charge in [-0.25, -0.2) is 4.79 Å². The number of carbonyl (C=O) groups excluding carboxylic acids is 1. The average molecular weight is 284 g/mol. The minimum atomic E-state index is -0.945. The Labute approximate surface area is 119 Å². The minimum absolute atomic E-state index is 0.00189. The third-order valence-electron chi connectivity index (χ3n) is 4.01. The molecule has 1 aliphatic heterocycles. The Balaban J connectivity index is 2.06. The largest absolute Gasteiger partial charge is 0.480 e. The zero-order chi connectivity index (χ0) is 14.7. The maximum atomic E-state index is 12.6. The zero-order valence-electron chi connectivity index (χ0n) is 12.2. The summed E-state index contributed by atoms with van der Waals surface area (Å²) in [5, 5.41) is 9.06. The van der Waals surface area contributed by atoms with Crippen molar-refractivity contribution in [3.05, 3.63) is 0 Å². The van der Waals surface area contributed by atoms with Crippen LogP contribution in [0.2, 0.25) is 0 Å². The van der Waals surface area contributed by atoms with Crippen molar-refractivity contribution in [1.82, 2.24) is 9.80 Å². The van der Waals surface area contributed by atoms with Crippen molar-refractivity contribution in [3.63, 3.8) is 0 Å². The van der Waals surface area contributed by atoms with Crippen LogP contribution in [0.4, 0.5) is 4.79 Å². The average Bonchev–Trinajstić information content (AvgIpc) is 2.87. The summed E-state index contributed by atoms with van der Waals surface area (Å²) in [5.41, 5.74) is 0. The Morgan fingerprint density at radius 1 is 1.20 bits per heavy atom. The predicted molar refractivity (Wildman–Crippen MR) is 73.6 cm³/mol. The van der Waals surface area contributed by atoms with Gasteiger partial charge < -0.3 is 19.6 Å². The number of carbonyl (C=O) groups is 2. The highest BCUT2D eigenvalue weighted by atomic mass is 16.5. The van der Waals surface area contributed by atoms with Gasteiger partial charge in [0.05, 0.1) is 12.2 Å². The molecule has 0 radical (unpaired) electrons. The number of rotatable bonds is 3. The van der Waals surface area contributed by atoms with Gasteiger partial charge in [0.25, 0.3) is 0 Å². The summed E-state index contributed by atoms with van der Waals surface area (Å²) in [6, 6.07) is -0.0756. The predicted octanol–water partition coefficient (Wildman–Crippen LogP) is 1.54. The molecule has 1 heterocycles. The Bertz CT molecular complexity index is 358. The second-order valence-electron chi connectivity index (χ2n) is 5.90.